The van der Waals surface area contributed by atoms with Gasteiger partial charge in [0.05, 0.1) is 23.1 Å². The van der Waals surface area contributed by atoms with Gasteiger partial charge in [-0.05, 0) is 23.6 Å². The van der Waals surface area contributed by atoms with E-state index < -0.39 is 11.7 Å². The minimum absolute atomic E-state index is 0.170. The molecule has 1 aliphatic heterocycles. The summed E-state index contributed by atoms with van der Waals surface area (Å²) in [5.41, 5.74) is 1.45. The van der Waals surface area contributed by atoms with E-state index >= 15 is 0 Å². The van der Waals surface area contributed by atoms with Gasteiger partial charge in [-0.2, -0.15) is 18.3 Å². The third-order valence-electron chi connectivity index (χ3n) is 4.96. The minimum Gasteiger partial charge on any atom is -0.371 e. The van der Waals surface area contributed by atoms with Crippen molar-refractivity contribution in [2.45, 2.75) is 26.1 Å². The Labute approximate surface area is 145 Å². The van der Waals surface area contributed by atoms with Crippen LogP contribution in [0.2, 0.25) is 0 Å². The number of aromatic nitrogens is 2. The number of nitrogens with zero attached hydrogens (tertiary/aromatic N) is 4. The van der Waals surface area contributed by atoms with Gasteiger partial charge in [0.25, 0.3) is 0 Å². The summed E-state index contributed by atoms with van der Waals surface area (Å²) in [7, 11) is 5.51. The lowest BCUT2D eigenvalue weighted by atomic mass is 9.94. The minimum atomic E-state index is -4.42. The van der Waals surface area contributed by atoms with Gasteiger partial charge < -0.3 is 9.80 Å². The largest absolute Gasteiger partial charge is 0.417 e. The van der Waals surface area contributed by atoms with E-state index in [-0.39, 0.29) is 11.6 Å². The van der Waals surface area contributed by atoms with E-state index in [0.717, 1.165) is 5.69 Å². The molecule has 4 nitrogen and oxygen atoms in total. The van der Waals surface area contributed by atoms with Crippen LogP contribution >= 0.6 is 0 Å². The molecule has 0 saturated heterocycles. The monoisotopic (exact) mass is 352 g/mol. The maximum Gasteiger partial charge on any atom is 0.417 e. The van der Waals surface area contributed by atoms with Crippen LogP contribution in [0.25, 0.3) is 11.1 Å². The van der Waals surface area contributed by atoms with Crippen LogP contribution in [0.5, 0.6) is 0 Å². The number of rotatable bonds is 2. The first-order chi connectivity index (χ1) is 11.6. The molecule has 0 fully saturated rings. The van der Waals surface area contributed by atoms with Crippen LogP contribution in [0.3, 0.4) is 0 Å². The van der Waals surface area contributed by atoms with Crippen molar-refractivity contribution in [1.29, 1.82) is 0 Å². The van der Waals surface area contributed by atoms with Crippen LogP contribution in [-0.2, 0) is 13.2 Å². The summed E-state index contributed by atoms with van der Waals surface area (Å²) in [4.78, 5) is 4.02. The quantitative estimate of drug-likeness (QED) is 0.816. The van der Waals surface area contributed by atoms with Crippen molar-refractivity contribution < 1.29 is 13.2 Å². The molecule has 0 aliphatic carbocycles. The highest BCUT2D eigenvalue weighted by atomic mass is 19.4. The number of hydrogen-bond acceptors (Lipinski definition) is 3. The summed E-state index contributed by atoms with van der Waals surface area (Å²) in [6, 6.07) is 3.17. The van der Waals surface area contributed by atoms with Gasteiger partial charge >= 0.3 is 6.18 Å². The molecule has 0 saturated carbocycles. The number of fused-ring (bicyclic) bond motifs is 1. The number of likely N-dealkylation sites (N-methyl/N-ethyl adjacent to an activating group) is 2. The Morgan fingerprint density at radius 2 is 1.80 bits per heavy atom. The molecule has 1 aromatic heterocycles. The van der Waals surface area contributed by atoms with Crippen molar-refractivity contribution in [1.82, 2.24) is 9.78 Å². The van der Waals surface area contributed by atoms with Crippen LogP contribution in [0.1, 0.15) is 19.4 Å². The van der Waals surface area contributed by atoms with Crippen LogP contribution in [0.4, 0.5) is 24.5 Å². The molecule has 1 aliphatic rings. The lowest BCUT2D eigenvalue weighted by Crippen LogP contribution is -2.48. The summed E-state index contributed by atoms with van der Waals surface area (Å²) in [5.74, 6) is 0.393. The third kappa shape index (κ3) is 3.07. The fourth-order valence-electron chi connectivity index (χ4n) is 3.54. The summed E-state index contributed by atoms with van der Waals surface area (Å²) < 4.78 is 42.6. The van der Waals surface area contributed by atoms with Crippen molar-refractivity contribution in [2.75, 3.05) is 30.4 Å². The zero-order valence-corrected chi connectivity index (χ0v) is 15.1. The number of alkyl halides is 3. The molecule has 0 amide bonds. The van der Waals surface area contributed by atoms with Crippen LogP contribution in [-0.4, -0.2) is 36.5 Å². The molecule has 0 N–H and O–H groups in total. The van der Waals surface area contributed by atoms with Gasteiger partial charge in [-0.1, -0.05) is 13.8 Å². The Balaban J connectivity index is 2.22. The fraction of sp³-hybridized carbons (Fsp3) is 0.500. The number of hydrogen-bond donors (Lipinski definition) is 0. The van der Waals surface area contributed by atoms with E-state index in [1.54, 1.807) is 19.3 Å². The zero-order chi connectivity index (χ0) is 18.5. The molecule has 0 bridgehead atoms. The molecular weight excluding hydrogens is 329 g/mol. The Morgan fingerprint density at radius 1 is 1.12 bits per heavy atom. The summed E-state index contributed by atoms with van der Waals surface area (Å²) in [6.45, 7) is 4.96. The lowest BCUT2D eigenvalue weighted by molar-refractivity contribution is -0.137. The Bertz CT molecular complexity index is 779. The van der Waals surface area contributed by atoms with Crippen molar-refractivity contribution >= 4 is 11.4 Å². The zero-order valence-electron chi connectivity index (χ0n) is 15.1. The van der Waals surface area contributed by atoms with E-state index in [0.29, 0.717) is 23.7 Å². The van der Waals surface area contributed by atoms with Gasteiger partial charge in [0.15, 0.2) is 0 Å². The molecule has 0 unspecified atom stereocenters. The molecule has 0 radical (unpaired) electrons. The first kappa shape index (κ1) is 17.6. The SMILES string of the molecule is CC(C)[C@H]1CN(C)c2cc(C(F)(F)F)c(-c3cnn(C)c3)cc2N1C. The first-order valence-electron chi connectivity index (χ1n) is 8.27. The number of anilines is 2. The number of halogens is 3. The Kier molecular flexibility index (Phi) is 4.21. The van der Waals surface area contributed by atoms with Crippen LogP contribution < -0.4 is 9.80 Å². The van der Waals surface area contributed by atoms with Gasteiger partial charge in [-0.3, -0.25) is 4.68 Å². The second-order valence-electron chi connectivity index (χ2n) is 7.09. The van der Waals surface area contributed by atoms with E-state index in [2.05, 4.69) is 23.8 Å². The standard InChI is InChI=1S/C18H23F3N4/c1-11(2)17-10-23(3)15-7-14(18(19,20)21)13(6-16(15)25(17)5)12-8-22-24(4)9-12/h6-9,11,17H,10H2,1-5H3/t17-/m1/s1. The molecule has 25 heavy (non-hydrogen) atoms. The first-order valence-corrected chi connectivity index (χ1v) is 8.27. The predicted octanol–water partition coefficient (Wildman–Crippen LogP) is 4.02. The Hall–Kier alpha value is -2.18. The van der Waals surface area contributed by atoms with Gasteiger partial charge in [0, 0.05) is 45.5 Å². The molecule has 2 heterocycles. The molecular formula is C18H23F3N4. The highest BCUT2D eigenvalue weighted by Crippen LogP contribution is 2.45. The maximum atomic E-state index is 13.7. The van der Waals surface area contributed by atoms with E-state index in [1.807, 2.05) is 19.0 Å². The van der Waals surface area contributed by atoms with E-state index in [4.69, 9.17) is 0 Å². The van der Waals surface area contributed by atoms with Crippen LogP contribution in [0.15, 0.2) is 24.5 Å². The van der Waals surface area contributed by atoms with Gasteiger partial charge in [-0.25, -0.2) is 0 Å². The Morgan fingerprint density at radius 3 is 2.32 bits per heavy atom. The highest BCUT2D eigenvalue weighted by molar-refractivity contribution is 5.83. The molecule has 0 spiro atoms. The molecule has 2 aromatic rings. The van der Waals surface area contributed by atoms with E-state index in [9.17, 15) is 13.2 Å². The summed E-state index contributed by atoms with van der Waals surface area (Å²) in [6.07, 6.45) is -1.33. The molecule has 7 heteroatoms. The van der Waals surface area contributed by atoms with E-state index in [1.165, 1.54) is 16.9 Å². The second kappa shape index (κ2) is 5.97. The van der Waals surface area contributed by atoms with Crippen molar-refractivity contribution in [2.24, 2.45) is 13.0 Å². The number of aryl methyl sites for hydroxylation is 1. The molecule has 3 rings (SSSR count). The maximum absolute atomic E-state index is 13.7. The molecule has 1 aromatic carbocycles. The normalized spacial score (nSPS) is 18.0. The van der Waals surface area contributed by atoms with Gasteiger partial charge in [0.2, 0.25) is 0 Å². The average Bonchev–Trinajstić information content (AvgIpc) is 2.95. The smallest absolute Gasteiger partial charge is 0.371 e. The van der Waals surface area contributed by atoms with Gasteiger partial charge in [0.1, 0.15) is 0 Å². The van der Waals surface area contributed by atoms with Crippen molar-refractivity contribution in [3.8, 4) is 11.1 Å². The second-order valence-corrected chi connectivity index (χ2v) is 7.09. The highest BCUT2D eigenvalue weighted by Gasteiger charge is 2.38. The lowest BCUT2D eigenvalue weighted by Gasteiger charge is -2.43. The number of benzene rings is 1. The molecule has 136 valence electrons. The molecule has 1 atom stereocenters. The van der Waals surface area contributed by atoms with Crippen molar-refractivity contribution in [3.05, 3.63) is 30.1 Å². The summed E-state index contributed by atoms with van der Waals surface area (Å²) >= 11 is 0. The fourth-order valence-corrected chi connectivity index (χ4v) is 3.54. The topological polar surface area (TPSA) is 24.3 Å². The average molecular weight is 352 g/mol. The summed E-state index contributed by atoms with van der Waals surface area (Å²) in [5, 5.41) is 4.03. The van der Waals surface area contributed by atoms with Crippen molar-refractivity contribution in [3.63, 3.8) is 0 Å². The predicted molar refractivity (Wildman–Crippen MR) is 93.9 cm³/mol. The van der Waals surface area contributed by atoms with Gasteiger partial charge in [-0.15, -0.1) is 0 Å². The van der Waals surface area contributed by atoms with Crippen LogP contribution in [0, 0.1) is 5.92 Å². The third-order valence-corrected chi connectivity index (χ3v) is 4.96.